The van der Waals surface area contributed by atoms with E-state index < -0.39 is 6.04 Å². The minimum Gasteiger partial charge on any atom is -0.460 e. The third-order valence-electron chi connectivity index (χ3n) is 2.83. The molecule has 3 nitrogen and oxygen atoms in total. The summed E-state index contributed by atoms with van der Waals surface area (Å²) in [6.07, 6.45) is 0.495. The van der Waals surface area contributed by atoms with Crippen molar-refractivity contribution in [2.75, 3.05) is 0 Å². The number of esters is 1. The van der Waals surface area contributed by atoms with Gasteiger partial charge < -0.3 is 10.5 Å². The van der Waals surface area contributed by atoms with Crippen LogP contribution in [-0.4, -0.2) is 12.0 Å². The first-order valence-electron chi connectivity index (χ1n) is 7.26. The van der Waals surface area contributed by atoms with Crippen LogP contribution in [0.1, 0.15) is 25.0 Å². The SMILES string of the molecule is CC.NC(Cc1ccccc1)C(=O)OCc1ccccc1. The summed E-state index contributed by atoms with van der Waals surface area (Å²) in [7, 11) is 0. The highest BCUT2D eigenvalue weighted by Crippen LogP contribution is 2.05. The van der Waals surface area contributed by atoms with Crippen LogP contribution in [0.15, 0.2) is 60.7 Å². The second kappa shape index (κ2) is 9.72. The van der Waals surface area contributed by atoms with Crippen molar-refractivity contribution in [1.82, 2.24) is 0 Å². The Labute approximate surface area is 126 Å². The first-order chi connectivity index (χ1) is 10.3. The molecule has 2 aromatic carbocycles. The van der Waals surface area contributed by atoms with Crippen LogP contribution in [0.3, 0.4) is 0 Å². The number of carbonyl (C=O) groups is 1. The van der Waals surface area contributed by atoms with Crippen molar-refractivity contribution in [3.8, 4) is 0 Å². The standard InChI is InChI=1S/C16H17NO2.C2H6/c17-15(11-13-7-3-1-4-8-13)16(18)19-12-14-9-5-2-6-10-14;1-2/h1-10,15H,11-12,17H2;1-2H3. The van der Waals surface area contributed by atoms with Crippen LogP contribution >= 0.6 is 0 Å². The molecule has 3 heteroatoms. The van der Waals surface area contributed by atoms with E-state index in [9.17, 15) is 4.79 Å². The molecule has 1 unspecified atom stereocenters. The molecule has 2 N–H and O–H groups in total. The zero-order valence-corrected chi connectivity index (χ0v) is 12.7. The Balaban J connectivity index is 0.00000106. The van der Waals surface area contributed by atoms with Gasteiger partial charge in [0.05, 0.1) is 0 Å². The zero-order valence-electron chi connectivity index (χ0n) is 12.7. The first-order valence-corrected chi connectivity index (χ1v) is 7.26. The van der Waals surface area contributed by atoms with Gasteiger partial charge in [0.1, 0.15) is 12.6 Å². The Morgan fingerprint density at radius 1 is 0.952 bits per heavy atom. The molecule has 0 saturated heterocycles. The fourth-order valence-corrected chi connectivity index (χ4v) is 1.79. The van der Waals surface area contributed by atoms with Gasteiger partial charge in [-0.05, 0) is 17.5 Å². The van der Waals surface area contributed by atoms with Gasteiger partial charge in [0.2, 0.25) is 0 Å². The second-order valence-corrected chi connectivity index (χ2v) is 4.39. The maximum atomic E-state index is 11.8. The molecule has 0 saturated carbocycles. The molecule has 0 bridgehead atoms. The number of rotatable bonds is 5. The molecule has 0 aliphatic carbocycles. The summed E-state index contributed by atoms with van der Waals surface area (Å²) >= 11 is 0. The summed E-state index contributed by atoms with van der Waals surface area (Å²) in [4.78, 5) is 11.8. The molecule has 0 aromatic heterocycles. The van der Waals surface area contributed by atoms with Crippen LogP contribution < -0.4 is 5.73 Å². The van der Waals surface area contributed by atoms with Gasteiger partial charge in [-0.2, -0.15) is 0 Å². The predicted molar refractivity (Wildman–Crippen MR) is 85.7 cm³/mol. The van der Waals surface area contributed by atoms with E-state index in [4.69, 9.17) is 10.5 Å². The van der Waals surface area contributed by atoms with Crippen molar-refractivity contribution in [3.05, 3.63) is 71.8 Å². The predicted octanol–water partition coefficient (Wildman–Crippen LogP) is 3.33. The van der Waals surface area contributed by atoms with Crippen LogP contribution in [0.4, 0.5) is 0 Å². The molecule has 112 valence electrons. The van der Waals surface area contributed by atoms with Crippen LogP contribution in [-0.2, 0) is 22.6 Å². The average molecular weight is 285 g/mol. The number of benzene rings is 2. The highest BCUT2D eigenvalue weighted by Gasteiger charge is 2.15. The molecule has 0 fully saturated rings. The van der Waals surface area contributed by atoms with Gasteiger partial charge in [0, 0.05) is 0 Å². The molecular formula is C18H23NO2. The molecule has 0 spiro atoms. The second-order valence-electron chi connectivity index (χ2n) is 4.39. The van der Waals surface area contributed by atoms with E-state index >= 15 is 0 Å². The third-order valence-corrected chi connectivity index (χ3v) is 2.83. The maximum absolute atomic E-state index is 11.8. The van der Waals surface area contributed by atoms with Crippen LogP contribution in [0.5, 0.6) is 0 Å². The Bertz CT molecular complexity index is 511. The van der Waals surface area contributed by atoms with Crippen molar-refractivity contribution in [2.45, 2.75) is 32.9 Å². The molecule has 0 radical (unpaired) electrons. The Kier molecular flexibility index (Phi) is 7.84. The summed E-state index contributed by atoms with van der Waals surface area (Å²) in [5, 5.41) is 0. The first kappa shape index (κ1) is 16.9. The minimum absolute atomic E-state index is 0.266. The van der Waals surface area contributed by atoms with Crippen molar-refractivity contribution >= 4 is 5.97 Å². The Morgan fingerprint density at radius 3 is 1.95 bits per heavy atom. The van der Waals surface area contributed by atoms with E-state index in [0.29, 0.717) is 6.42 Å². The fraction of sp³-hybridized carbons (Fsp3) is 0.278. The van der Waals surface area contributed by atoms with Gasteiger partial charge in [-0.1, -0.05) is 74.5 Å². The topological polar surface area (TPSA) is 52.3 Å². The average Bonchev–Trinajstić information content (AvgIpc) is 2.56. The number of hydrogen-bond acceptors (Lipinski definition) is 3. The molecule has 0 aliphatic rings. The lowest BCUT2D eigenvalue weighted by Gasteiger charge is -2.11. The molecule has 21 heavy (non-hydrogen) atoms. The summed E-state index contributed by atoms with van der Waals surface area (Å²) in [6.45, 7) is 4.27. The smallest absolute Gasteiger partial charge is 0.323 e. The van der Waals surface area contributed by atoms with Gasteiger partial charge in [0.25, 0.3) is 0 Å². The zero-order chi connectivity index (χ0) is 15.5. The molecule has 0 aliphatic heterocycles. The van der Waals surface area contributed by atoms with Crippen molar-refractivity contribution in [1.29, 1.82) is 0 Å². The van der Waals surface area contributed by atoms with Gasteiger partial charge in [0.15, 0.2) is 0 Å². The highest BCUT2D eigenvalue weighted by molar-refractivity contribution is 5.75. The van der Waals surface area contributed by atoms with E-state index in [0.717, 1.165) is 11.1 Å². The van der Waals surface area contributed by atoms with Gasteiger partial charge >= 0.3 is 5.97 Å². The molecule has 2 aromatic rings. The number of ether oxygens (including phenoxy) is 1. The van der Waals surface area contributed by atoms with Crippen LogP contribution in [0.25, 0.3) is 0 Å². The summed E-state index contributed by atoms with van der Waals surface area (Å²) < 4.78 is 5.20. The number of carbonyl (C=O) groups excluding carboxylic acids is 1. The normalized spacial score (nSPS) is 11.0. The van der Waals surface area contributed by atoms with E-state index in [1.165, 1.54) is 0 Å². The van der Waals surface area contributed by atoms with Crippen molar-refractivity contribution < 1.29 is 9.53 Å². The van der Waals surface area contributed by atoms with E-state index in [2.05, 4.69) is 0 Å². The van der Waals surface area contributed by atoms with E-state index in [1.54, 1.807) is 0 Å². The molecule has 0 amide bonds. The molecule has 0 heterocycles. The van der Waals surface area contributed by atoms with Crippen molar-refractivity contribution in [2.24, 2.45) is 5.73 Å². The quantitative estimate of drug-likeness (QED) is 0.857. The van der Waals surface area contributed by atoms with Gasteiger partial charge in [-0.15, -0.1) is 0 Å². The minimum atomic E-state index is -0.619. The summed E-state index contributed by atoms with van der Waals surface area (Å²) in [5.41, 5.74) is 7.83. The van der Waals surface area contributed by atoms with Crippen LogP contribution in [0, 0.1) is 0 Å². The lowest BCUT2D eigenvalue weighted by Crippen LogP contribution is -2.34. The molecular weight excluding hydrogens is 262 g/mol. The van der Waals surface area contributed by atoms with E-state index in [1.807, 2.05) is 74.5 Å². The van der Waals surface area contributed by atoms with Gasteiger partial charge in [-0.3, -0.25) is 4.79 Å². The lowest BCUT2D eigenvalue weighted by molar-refractivity contribution is -0.146. The Hall–Kier alpha value is -2.13. The van der Waals surface area contributed by atoms with E-state index in [-0.39, 0.29) is 12.6 Å². The highest BCUT2D eigenvalue weighted by atomic mass is 16.5. The largest absolute Gasteiger partial charge is 0.460 e. The third kappa shape index (κ3) is 6.23. The summed E-state index contributed by atoms with van der Waals surface area (Å²) in [5.74, 6) is -0.368. The number of hydrogen-bond donors (Lipinski definition) is 1. The van der Waals surface area contributed by atoms with Crippen molar-refractivity contribution in [3.63, 3.8) is 0 Å². The van der Waals surface area contributed by atoms with Crippen LogP contribution in [0.2, 0.25) is 0 Å². The lowest BCUT2D eigenvalue weighted by atomic mass is 10.1. The molecule has 2 rings (SSSR count). The fourth-order valence-electron chi connectivity index (χ4n) is 1.79. The van der Waals surface area contributed by atoms with Gasteiger partial charge in [-0.25, -0.2) is 0 Å². The Morgan fingerprint density at radius 2 is 1.43 bits per heavy atom. The monoisotopic (exact) mass is 285 g/mol. The maximum Gasteiger partial charge on any atom is 0.323 e. The molecule has 1 atom stereocenters. The summed E-state index contributed by atoms with van der Waals surface area (Å²) in [6, 6.07) is 18.6. The number of nitrogens with two attached hydrogens (primary N) is 1.